The van der Waals surface area contributed by atoms with Gasteiger partial charge in [-0.1, -0.05) is 196 Å². The minimum Gasteiger partial charge on any atom is -0.310 e. The highest BCUT2D eigenvalue weighted by atomic mass is 15.1. The molecule has 0 unspecified atom stereocenters. The maximum Gasteiger partial charge on any atom is 0.0541 e. The van der Waals surface area contributed by atoms with Gasteiger partial charge in [0.05, 0.1) is 16.7 Å². The second kappa shape index (κ2) is 15.6. The first-order valence-corrected chi connectivity index (χ1v) is 22.6. The lowest BCUT2D eigenvalue weighted by Crippen LogP contribution is -2.17. The summed E-state index contributed by atoms with van der Waals surface area (Å²) in [5, 5.41) is 2.50. The second-order valence-electron chi connectivity index (χ2n) is 17.7. The quantitative estimate of drug-likeness (QED) is 0.148. The predicted octanol–water partition coefficient (Wildman–Crippen LogP) is 17.2. The molecule has 0 bridgehead atoms. The van der Waals surface area contributed by atoms with Gasteiger partial charge < -0.3 is 9.47 Å². The summed E-state index contributed by atoms with van der Waals surface area (Å²) in [6, 6.07) is 88.8. The van der Waals surface area contributed by atoms with Gasteiger partial charge in [-0.05, 0) is 122 Å². The predicted molar refractivity (Wildman–Crippen MR) is 275 cm³/mol. The standard InChI is InChI=1S/C63H46N2/c1-63(2)58-30-16-13-27-53(58)54-39-38-48(42-59(54)63)64(60-31-17-14-28-55(60)52-26-12-11-25-51(52)50-24-10-9-23-49(50)44-19-5-3-6-20-44)47-36-33-43(34-37-47)45-35-40-62-57(41-45)56-29-15-18-32-61(56)65(62)46-21-7-4-8-22-46/h3-42H,1-2H3. The molecule has 1 aromatic heterocycles. The number of hydrogen-bond acceptors (Lipinski definition) is 1. The molecule has 2 heteroatoms. The number of aromatic nitrogens is 1. The molecule has 12 rings (SSSR count). The van der Waals surface area contributed by atoms with Crippen LogP contribution >= 0.6 is 0 Å². The Morgan fingerprint density at radius 2 is 0.846 bits per heavy atom. The number of para-hydroxylation sites is 3. The Morgan fingerprint density at radius 3 is 1.60 bits per heavy atom. The highest BCUT2D eigenvalue weighted by Gasteiger charge is 2.36. The van der Waals surface area contributed by atoms with Gasteiger partial charge in [0.2, 0.25) is 0 Å². The summed E-state index contributed by atoms with van der Waals surface area (Å²) in [7, 11) is 0. The van der Waals surface area contributed by atoms with E-state index in [0.717, 1.165) is 22.7 Å². The van der Waals surface area contributed by atoms with Gasteiger partial charge in [-0.2, -0.15) is 0 Å². The van der Waals surface area contributed by atoms with Crippen LogP contribution in [0.5, 0.6) is 0 Å². The Kier molecular flexibility index (Phi) is 9.21. The van der Waals surface area contributed by atoms with Crippen LogP contribution in [0, 0.1) is 0 Å². The molecular weight excluding hydrogens is 785 g/mol. The van der Waals surface area contributed by atoms with Gasteiger partial charge in [0, 0.05) is 38.8 Å². The number of fused-ring (bicyclic) bond motifs is 6. The summed E-state index contributed by atoms with van der Waals surface area (Å²) in [5.74, 6) is 0. The molecule has 1 aliphatic rings. The van der Waals surface area contributed by atoms with E-state index in [2.05, 4.69) is 266 Å². The van der Waals surface area contributed by atoms with E-state index in [1.807, 2.05) is 0 Å². The maximum absolute atomic E-state index is 2.47. The molecule has 0 N–H and O–H groups in total. The Bertz CT molecular complexity index is 3560. The van der Waals surface area contributed by atoms with E-state index < -0.39 is 0 Å². The van der Waals surface area contributed by atoms with Crippen molar-refractivity contribution in [3.8, 4) is 61.3 Å². The highest BCUT2D eigenvalue weighted by Crippen LogP contribution is 2.52. The van der Waals surface area contributed by atoms with Crippen molar-refractivity contribution in [1.82, 2.24) is 4.57 Å². The smallest absolute Gasteiger partial charge is 0.0541 e. The third-order valence-corrected chi connectivity index (χ3v) is 13.6. The zero-order valence-corrected chi connectivity index (χ0v) is 36.5. The van der Waals surface area contributed by atoms with Crippen LogP contribution in [-0.4, -0.2) is 4.57 Å². The fourth-order valence-electron chi connectivity index (χ4n) is 10.5. The van der Waals surface area contributed by atoms with Gasteiger partial charge >= 0.3 is 0 Å². The lowest BCUT2D eigenvalue weighted by atomic mass is 9.82. The minimum atomic E-state index is -0.146. The minimum absolute atomic E-state index is 0.146. The first-order chi connectivity index (χ1) is 32.0. The molecule has 0 amide bonds. The van der Waals surface area contributed by atoms with Crippen LogP contribution in [0.2, 0.25) is 0 Å². The van der Waals surface area contributed by atoms with Gasteiger partial charge in [-0.15, -0.1) is 0 Å². The third kappa shape index (κ3) is 6.40. The molecule has 0 radical (unpaired) electrons. The monoisotopic (exact) mass is 830 g/mol. The molecule has 65 heavy (non-hydrogen) atoms. The maximum atomic E-state index is 2.47. The van der Waals surface area contributed by atoms with E-state index in [1.54, 1.807) is 0 Å². The topological polar surface area (TPSA) is 8.17 Å². The molecule has 0 aliphatic heterocycles. The normalized spacial score (nSPS) is 12.6. The fraction of sp³-hybridized carbons (Fsp3) is 0.0476. The van der Waals surface area contributed by atoms with Crippen LogP contribution in [0.4, 0.5) is 17.1 Å². The van der Waals surface area contributed by atoms with Crippen molar-refractivity contribution in [1.29, 1.82) is 0 Å². The summed E-state index contributed by atoms with van der Waals surface area (Å²) in [5.41, 5.74) is 21.7. The van der Waals surface area contributed by atoms with E-state index >= 15 is 0 Å². The van der Waals surface area contributed by atoms with E-state index in [1.165, 1.54) is 88.6 Å². The molecule has 0 saturated heterocycles. The SMILES string of the molecule is CC1(C)c2ccccc2-c2ccc(N(c3ccc(-c4ccc5c(c4)c4ccccc4n5-c4ccccc4)cc3)c3ccccc3-c3ccccc3-c3ccccc3-c3ccccc3)cc21. The number of anilines is 3. The fourth-order valence-corrected chi connectivity index (χ4v) is 10.5. The summed E-state index contributed by atoms with van der Waals surface area (Å²) >= 11 is 0. The van der Waals surface area contributed by atoms with Gasteiger partial charge in [0.25, 0.3) is 0 Å². The Balaban J connectivity index is 1.02. The molecular formula is C63H46N2. The Hall–Kier alpha value is -8.20. The van der Waals surface area contributed by atoms with Crippen molar-refractivity contribution in [2.75, 3.05) is 4.90 Å². The lowest BCUT2D eigenvalue weighted by molar-refractivity contribution is 0.660. The molecule has 11 aromatic rings. The molecule has 0 saturated carbocycles. The average molecular weight is 831 g/mol. The number of hydrogen-bond donors (Lipinski definition) is 0. The van der Waals surface area contributed by atoms with Gasteiger partial charge in [-0.3, -0.25) is 0 Å². The Morgan fingerprint density at radius 1 is 0.323 bits per heavy atom. The number of benzene rings is 10. The highest BCUT2D eigenvalue weighted by molar-refractivity contribution is 6.10. The summed E-state index contributed by atoms with van der Waals surface area (Å²) in [6.45, 7) is 4.73. The van der Waals surface area contributed by atoms with E-state index in [-0.39, 0.29) is 5.41 Å². The van der Waals surface area contributed by atoms with Crippen molar-refractivity contribution in [3.63, 3.8) is 0 Å². The molecule has 1 aliphatic carbocycles. The van der Waals surface area contributed by atoms with Crippen molar-refractivity contribution in [2.45, 2.75) is 19.3 Å². The van der Waals surface area contributed by atoms with E-state index in [0.29, 0.717) is 0 Å². The third-order valence-electron chi connectivity index (χ3n) is 13.6. The number of rotatable bonds is 8. The summed E-state index contributed by atoms with van der Waals surface area (Å²) in [4.78, 5) is 2.47. The van der Waals surface area contributed by atoms with Crippen LogP contribution in [0.25, 0.3) is 83.1 Å². The van der Waals surface area contributed by atoms with Crippen molar-refractivity contribution >= 4 is 38.9 Å². The Labute approximate surface area is 381 Å². The first-order valence-electron chi connectivity index (χ1n) is 22.6. The summed E-state index contributed by atoms with van der Waals surface area (Å²) in [6.07, 6.45) is 0. The molecule has 0 atom stereocenters. The molecule has 10 aromatic carbocycles. The van der Waals surface area contributed by atoms with Gasteiger partial charge in [-0.25, -0.2) is 0 Å². The zero-order valence-electron chi connectivity index (χ0n) is 36.5. The lowest BCUT2D eigenvalue weighted by Gasteiger charge is -2.30. The van der Waals surface area contributed by atoms with Crippen molar-refractivity contribution in [3.05, 3.63) is 254 Å². The molecule has 0 fully saturated rings. The van der Waals surface area contributed by atoms with Gasteiger partial charge in [0.1, 0.15) is 0 Å². The zero-order chi connectivity index (χ0) is 43.5. The average Bonchev–Trinajstić information content (AvgIpc) is 3.82. The van der Waals surface area contributed by atoms with Crippen LogP contribution in [0.15, 0.2) is 243 Å². The van der Waals surface area contributed by atoms with E-state index in [4.69, 9.17) is 0 Å². The summed E-state index contributed by atoms with van der Waals surface area (Å²) < 4.78 is 2.38. The first kappa shape index (κ1) is 38.5. The largest absolute Gasteiger partial charge is 0.310 e. The van der Waals surface area contributed by atoms with Crippen LogP contribution in [-0.2, 0) is 5.41 Å². The molecule has 0 spiro atoms. The number of nitrogens with zero attached hydrogens (tertiary/aromatic N) is 2. The van der Waals surface area contributed by atoms with E-state index in [9.17, 15) is 0 Å². The second-order valence-corrected chi connectivity index (χ2v) is 17.7. The van der Waals surface area contributed by atoms with Crippen LogP contribution in [0.1, 0.15) is 25.0 Å². The van der Waals surface area contributed by atoms with Crippen LogP contribution < -0.4 is 4.90 Å². The van der Waals surface area contributed by atoms with Crippen LogP contribution in [0.3, 0.4) is 0 Å². The molecule has 308 valence electrons. The molecule has 2 nitrogen and oxygen atoms in total. The van der Waals surface area contributed by atoms with Crippen molar-refractivity contribution in [2.24, 2.45) is 0 Å². The molecule has 1 heterocycles. The van der Waals surface area contributed by atoms with Gasteiger partial charge in [0.15, 0.2) is 0 Å². The van der Waals surface area contributed by atoms with Crippen molar-refractivity contribution < 1.29 is 0 Å².